The molecule has 1 aliphatic heterocycles. The molecule has 2 atom stereocenters. The van der Waals surface area contributed by atoms with Crippen molar-refractivity contribution in [3.8, 4) is 0 Å². The molecule has 1 heterocycles. The van der Waals surface area contributed by atoms with Crippen LogP contribution in [0.25, 0.3) is 10.8 Å². The summed E-state index contributed by atoms with van der Waals surface area (Å²) in [5.41, 5.74) is 2.29. The van der Waals surface area contributed by atoms with Gasteiger partial charge in [0.05, 0.1) is 19.3 Å². The van der Waals surface area contributed by atoms with Gasteiger partial charge in [0, 0.05) is 18.2 Å². The number of aliphatic imine (C=N–C) groups is 1. The standard InChI is InChI=1S/C22H21NO2/c1-2-8-18(9-3-1)22-24-14-13-20(25-22)16-23-15-19-11-6-10-17-7-4-5-12-21(17)19/h1-12,16,20,22H,13-15H2/b23-16+. The van der Waals surface area contributed by atoms with Crippen LogP contribution in [0.15, 0.2) is 77.8 Å². The fourth-order valence-corrected chi connectivity index (χ4v) is 3.15. The first kappa shape index (κ1) is 16.0. The van der Waals surface area contributed by atoms with Gasteiger partial charge in [-0.05, 0) is 16.3 Å². The van der Waals surface area contributed by atoms with Crippen LogP contribution < -0.4 is 0 Å². The first-order valence-electron chi connectivity index (χ1n) is 8.69. The van der Waals surface area contributed by atoms with Crippen molar-refractivity contribution in [3.05, 3.63) is 83.9 Å². The Labute approximate surface area is 147 Å². The summed E-state index contributed by atoms with van der Waals surface area (Å²) in [6.07, 6.45) is 2.46. The van der Waals surface area contributed by atoms with E-state index < -0.39 is 0 Å². The number of ether oxygens (including phenoxy) is 2. The number of rotatable bonds is 4. The van der Waals surface area contributed by atoms with Gasteiger partial charge >= 0.3 is 0 Å². The minimum atomic E-state index is -0.302. The lowest BCUT2D eigenvalue weighted by Gasteiger charge is -2.28. The highest BCUT2D eigenvalue weighted by molar-refractivity contribution is 5.85. The van der Waals surface area contributed by atoms with E-state index >= 15 is 0 Å². The first-order chi connectivity index (χ1) is 12.4. The summed E-state index contributed by atoms with van der Waals surface area (Å²) < 4.78 is 11.8. The molecule has 2 unspecified atom stereocenters. The van der Waals surface area contributed by atoms with Crippen molar-refractivity contribution in [2.45, 2.75) is 25.4 Å². The number of hydrogen-bond acceptors (Lipinski definition) is 3. The maximum atomic E-state index is 6.03. The molecule has 0 aliphatic carbocycles. The lowest BCUT2D eigenvalue weighted by molar-refractivity contribution is -0.198. The predicted octanol–water partition coefficient (Wildman–Crippen LogP) is 4.91. The molecule has 126 valence electrons. The summed E-state index contributed by atoms with van der Waals surface area (Å²) in [7, 11) is 0. The fourth-order valence-electron chi connectivity index (χ4n) is 3.15. The van der Waals surface area contributed by atoms with Gasteiger partial charge in [0.25, 0.3) is 0 Å². The van der Waals surface area contributed by atoms with E-state index in [2.05, 4.69) is 47.5 Å². The van der Waals surface area contributed by atoms with E-state index in [0.29, 0.717) is 13.2 Å². The average Bonchev–Trinajstić information content (AvgIpc) is 2.69. The van der Waals surface area contributed by atoms with E-state index in [1.165, 1.54) is 16.3 Å². The van der Waals surface area contributed by atoms with E-state index in [1.807, 2.05) is 36.5 Å². The second-order valence-electron chi connectivity index (χ2n) is 6.20. The van der Waals surface area contributed by atoms with Crippen LogP contribution in [-0.2, 0) is 16.0 Å². The third-order valence-corrected chi connectivity index (χ3v) is 4.45. The van der Waals surface area contributed by atoms with E-state index in [9.17, 15) is 0 Å². The zero-order chi connectivity index (χ0) is 16.9. The molecule has 3 heteroatoms. The zero-order valence-corrected chi connectivity index (χ0v) is 14.0. The molecule has 3 aromatic rings. The van der Waals surface area contributed by atoms with Gasteiger partial charge in [-0.2, -0.15) is 0 Å². The lowest BCUT2D eigenvalue weighted by atomic mass is 10.0. The minimum absolute atomic E-state index is 0.00562. The van der Waals surface area contributed by atoms with Crippen LogP contribution in [-0.4, -0.2) is 18.9 Å². The highest BCUT2D eigenvalue weighted by Gasteiger charge is 2.22. The van der Waals surface area contributed by atoms with Crippen LogP contribution >= 0.6 is 0 Å². The summed E-state index contributed by atoms with van der Waals surface area (Å²) in [5, 5.41) is 2.51. The molecule has 3 nitrogen and oxygen atoms in total. The Morgan fingerprint density at radius 2 is 1.72 bits per heavy atom. The van der Waals surface area contributed by atoms with Crippen LogP contribution in [0.2, 0.25) is 0 Å². The van der Waals surface area contributed by atoms with Crippen LogP contribution in [0.4, 0.5) is 0 Å². The number of nitrogens with zero attached hydrogens (tertiary/aromatic N) is 1. The molecule has 0 aromatic heterocycles. The Hall–Kier alpha value is -2.49. The van der Waals surface area contributed by atoms with E-state index in [-0.39, 0.29) is 12.4 Å². The SMILES string of the molecule is C(=N\Cc1cccc2ccccc12)/C1CCOC(c2ccccc2)O1. The molecule has 0 radical (unpaired) electrons. The molecule has 25 heavy (non-hydrogen) atoms. The zero-order valence-electron chi connectivity index (χ0n) is 14.0. The van der Waals surface area contributed by atoms with Gasteiger partial charge in [-0.1, -0.05) is 72.8 Å². The van der Waals surface area contributed by atoms with Crippen molar-refractivity contribution in [1.82, 2.24) is 0 Å². The third kappa shape index (κ3) is 3.78. The number of hydrogen-bond donors (Lipinski definition) is 0. The van der Waals surface area contributed by atoms with Gasteiger partial charge < -0.3 is 9.47 Å². The van der Waals surface area contributed by atoms with Gasteiger partial charge in [-0.25, -0.2) is 0 Å². The van der Waals surface area contributed by atoms with Crippen molar-refractivity contribution in [3.63, 3.8) is 0 Å². The maximum Gasteiger partial charge on any atom is 0.184 e. The molecule has 0 saturated carbocycles. The quantitative estimate of drug-likeness (QED) is 0.636. The first-order valence-corrected chi connectivity index (χ1v) is 8.69. The molecular weight excluding hydrogens is 310 g/mol. The second-order valence-corrected chi connectivity index (χ2v) is 6.20. The Morgan fingerprint density at radius 1 is 0.920 bits per heavy atom. The molecule has 3 aromatic carbocycles. The van der Waals surface area contributed by atoms with E-state index in [0.717, 1.165) is 12.0 Å². The topological polar surface area (TPSA) is 30.8 Å². The van der Waals surface area contributed by atoms with Crippen molar-refractivity contribution in [1.29, 1.82) is 0 Å². The second kappa shape index (κ2) is 7.60. The Morgan fingerprint density at radius 3 is 2.64 bits per heavy atom. The number of benzene rings is 3. The van der Waals surface area contributed by atoms with Gasteiger partial charge in [-0.3, -0.25) is 4.99 Å². The molecule has 1 fully saturated rings. The highest BCUT2D eigenvalue weighted by Crippen LogP contribution is 2.25. The summed E-state index contributed by atoms with van der Waals surface area (Å²) in [4.78, 5) is 4.64. The van der Waals surface area contributed by atoms with Crippen LogP contribution in [0.1, 0.15) is 23.8 Å². The molecular formula is C22H21NO2. The monoisotopic (exact) mass is 331 g/mol. The molecule has 0 bridgehead atoms. The van der Waals surface area contributed by atoms with Gasteiger partial charge in [0.1, 0.15) is 0 Å². The lowest BCUT2D eigenvalue weighted by Crippen LogP contribution is -2.28. The molecule has 0 spiro atoms. The summed E-state index contributed by atoms with van der Waals surface area (Å²) in [5.74, 6) is 0. The maximum absolute atomic E-state index is 6.03. The van der Waals surface area contributed by atoms with Crippen molar-refractivity contribution in [2.24, 2.45) is 4.99 Å². The van der Waals surface area contributed by atoms with Gasteiger partial charge in [-0.15, -0.1) is 0 Å². The van der Waals surface area contributed by atoms with Crippen LogP contribution in [0.3, 0.4) is 0 Å². The van der Waals surface area contributed by atoms with Crippen LogP contribution in [0, 0.1) is 0 Å². The highest BCUT2D eigenvalue weighted by atomic mass is 16.7. The summed E-state index contributed by atoms with van der Waals surface area (Å²) in [6.45, 7) is 1.35. The van der Waals surface area contributed by atoms with Crippen LogP contribution in [0.5, 0.6) is 0 Å². The van der Waals surface area contributed by atoms with Crippen molar-refractivity contribution < 1.29 is 9.47 Å². The van der Waals surface area contributed by atoms with Gasteiger partial charge in [0.15, 0.2) is 6.29 Å². The minimum Gasteiger partial charge on any atom is -0.348 e. The van der Waals surface area contributed by atoms with Crippen molar-refractivity contribution >= 4 is 17.0 Å². The normalized spacial score (nSPS) is 21.0. The third-order valence-electron chi connectivity index (χ3n) is 4.45. The molecule has 1 saturated heterocycles. The molecule has 4 rings (SSSR count). The summed E-state index contributed by atoms with van der Waals surface area (Å²) in [6, 6.07) is 24.8. The van der Waals surface area contributed by atoms with Gasteiger partial charge in [0.2, 0.25) is 0 Å². The Kier molecular flexibility index (Phi) is 4.86. The fraction of sp³-hybridized carbons (Fsp3) is 0.227. The average molecular weight is 331 g/mol. The molecule has 0 amide bonds. The summed E-state index contributed by atoms with van der Waals surface area (Å²) >= 11 is 0. The Bertz CT molecular complexity index is 855. The molecule has 0 N–H and O–H groups in total. The molecule has 1 aliphatic rings. The predicted molar refractivity (Wildman–Crippen MR) is 101 cm³/mol. The number of fused-ring (bicyclic) bond motifs is 1. The smallest absolute Gasteiger partial charge is 0.184 e. The van der Waals surface area contributed by atoms with E-state index in [4.69, 9.17) is 9.47 Å². The van der Waals surface area contributed by atoms with Crippen molar-refractivity contribution in [2.75, 3.05) is 6.61 Å². The van der Waals surface area contributed by atoms with E-state index in [1.54, 1.807) is 0 Å². The largest absolute Gasteiger partial charge is 0.348 e. The Balaban J connectivity index is 1.43.